The fourth-order valence-corrected chi connectivity index (χ4v) is 3.41. The first-order chi connectivity index (χ1) is 6.03. The highest BCUT2D eigenvalue weighted by molar-refractivity contribution is 5.03. The Morgan fingerprint density at radius 3 is 1.79 bits per heavy atom. The SMILES string of the molecule is C.CC.CC1CC2CC(C1C)C2(C)C. The molecule has 0 spiro atoms. The zero-order valence-corrected chi connectivity index (χ0v) is 10.2. The van der Waals surface area contributed by atoms with Crippen molar-refractivity contribution >= 4 is 0 Å². The van der Waals surface area contributed by atoms with E-state index < -0.39 is 0 Å². The third kappa shape index (κ3) is 1.85. The van der Waals surface area contributed by atoms with E-state index in [-0.39, 0.29) is 7.43 Å². The van der Waals surface area contributed by atoms with Crippen molar-refractivity contribution < 1.29 is 0 Å². The van der Waals surface area contributed by atoms with Gasteiger partial charge in [-0.1, -0.05) is 49.0 Å². The fraction of sp³-hybridized carbons (Fsp3) is 1.00. The van der Waals surface area contributed by atoms with Crippen LogP contribution in [0.5, 0.6) is 0 Å². The monoisotopic (exact) mass is 198 g/mol. The standard InChI is InChI=1S/C11H20.C2H6.CH4/c1-7-5-9-6-10(8(7)2)11(9,3)4;1-2;/h7-10H,5-6H2,1-4H3;1-2H3;1H4. The van der Waals surface area contributed by atoms with Crippen LogP contribution < -0.4 is 0 Å². The molecule has 0 heteroatoms. The Morgan fingerprint density at radius 1 is 1.00 bits per heavy atom. The number of rotatable bonds is 0. The van der Waals surface area contributed by atoms with Gasteiger partial charge >= 0.3 is 0 Å². The van der Waals surface area contributed by atoms with E-state index in [1.54, 1.807) is 0 Å². The lowest BCUT2D eigenvalue weighted by Crippen LogP contribution is -2.54. The van der Waals surface area contributed by atoms with Gasteiger partial charge in [-0.05, 0) is 41.9 Å². The van der Waals surface area contributed by atoms with Crippen molar-refractivity contribution in [1.29, 1.82) is 0 Å². The van der Waals surface area contributed by atoms with Crippen molar-refractivity contribution in [3.05, 3.63) is 0 Å². The van der Waals surface area contributed by atoms with E-state index >= 15 is 0 Å². The summed E-state index contributed by atoms with van der Waals surface area (Å²) in [6.07, 6.45) is 3.02. The quantitative estimate of drug-likeness (QED) is 0.514. The molecule has 4 unspecified atom stereocenters. The lowest BCUT2D eigenvalue weighted by atomic mass is 9.44. The molecular weight excluding hydrogens is 168 g/mol. The molecule has 0 radical (unpaired) electrons. The highest BCUT2D eigenvalue weighted by Gasteiger charge is 2.54. The summed E-state index contributed by atoms with van der Waals surface area (Å²) in [7, 11) is 0. The molecule has 0 amide bonds. The van der Waals surface area contributed by atoms with Gasteiger partial charge in [-0.2, -0.15) is 0 Å². The lowest BCUT2D eigenvalue weighted by Gasteiger charge is -2.61. The summed E-state index contributed by atoms with van der Waals surface area (Å²) in [5.41, 5.74) is 0.686. The molecule has 14 heavy (non-hydrogen) atoms. The summed E-state index contributed by atoms with van der Waals surface area (Å²) >= 11 is 0. The zero-order valence-electron chi connectivity index (χ0n) is 10.2. The molecule has 3 saturated carbocycles. The highest BCUT2D eigenvalue weighted by atomic mass is 14.6. The van der Waals surface area contributed by atoms with Gasteiger partial charge in [0.05, 0.1) is 0 Å². The molecule has 0 heterocycles. The van der Waals surface area contributed by atoms with Crippen LogP contribution in [0.4, 0.5) is 0 Å². The van der Waals surface area contributed by atoms with Crippen molar-refractivity contribution in [3.8, 4) is 0 Å². The third-order valence-corrected chi connectivity index (χ3v) is 4.73. The Hall–Kier alpha value is 0. The zero-order chi connectivity index (χ0) is 10.2. The summed E-state index contributed by atoms with van der Waals surface area (Å²) < 4.78 is 0. The van der Waals surface area contributed by atoms with E-state index in [0.29, 0.717) is 5.41 Å². The second-order valence-corrected chi connectivity index (χ2v) is 5.43. The maximum Gasteiger partial charge on any atom is -0.0295 e. The Balaban J connectivity index is 0.000000531. The minimum Gasteiger partial charge on any atom is -0.0776 e. The van der Waals surface area contributed by atoms with Crippen LogP contribution in [0.1, 0.15) is 61.8 Å². The first-order valence-corrected chi connectivity index (χ1v) is 6.03. The van der Waals surface area contributed by atoms with Gasteiger partial charge in [0.2, 0.25) is 0 Å². The number of hydrogen-bond acceptors (Lipinski definition) is 0. The molecule has 2 bridgehead atoms. The normalized spacial score (nSPS) is 42.4. The Bertz CT molecular complexity index is 169. The van der Waals surface area contributed by atoms with Gasteiger partial charge in [-0.25, -0.2) is 0 Å². The van der Waals surface area contributed by atoms with Gasteiger partial charge in [-0.15, -0.1) is 0 Å². The van der Waals surface area contributed by atoms with Crippen LogP contribution in [-0.2, 0) is 0 Å². The molecule has 86 valence electrons. The first-order valence-electron chi connectivity index (χ1n) is 6.03. The van der Waals surface area contributed by atoms with Gasteiger partial charge < -0.3 is 0 Å². The van der Waals surface area contributed by atoms with Crippen molar-refractivity contribution in [3.63, 3.8) is 0 Å². The third-order valence-electron chi connectivity index (χ3n) is 4.73. The second kappa shape index (κ2) is 4.68. The van der Waals surface area contributed by atoms with Gasteiger partial charge in [0.25, 0.3) is 0 Å². The van der Waals surface area contributed by atoms with Crippen LogP contribution in [-0.4, -0.2) is 0 Å². The Labute approximate surface area is 91.5 Å². The molecule has 0 aromatic heterocycles. The summed E-state index contributed by atoms with van der Waals surface area (Å²) in [5, 5.41) is 0. The molecule has 4 atom stereocenters. The molecule has 3 aliphatic rings. The van der Waals surface area contributed by atoms with E-state index in [9.17, 15) is 0 Å². The van der Waals surface area contributed by atoms with E-state index in [2.05, 4.69) is 27.7 Å². The molecule has 0 aromatic rings. The van der Waals surface area contributed by atoms with E-state index in [0.717, 1.165) is 23.7 Å². The maximum absolute atomic E-state index is 2.47. The minimum atomic E-state index is 0. The first kappa shape index (κ1) is 14.0. The Kier molecular flexibility index (Phi) is 4.68. The molecule has 3 aliphatic carbocycles. The lowest BCUT2D eigenvalue weighted by molar-refractivity contribution is -0.124. The molecule has 0 nitrogen and oxygen atoms in total. The van der Waals surface area contributed by atoms with Gasteiger partial charge in [0.15, 0.2) is 0 Å². The number of hydrogen-bond donors (Lipinski definition) is 0. The van der Waals surface area contributed by atoms with E-state index in [1.165, 1.54) is 12.8 Å². The van der Waals surface area contributed by atoms with Crippen LogP contribution in [0.2, 0.25) is 0 Å². The summed E-state index contributed by atoms with van der Waals surface area (Å²) in [4.78, 5) is 0. The summed E-state index contributed by atoms with van der Waals surface area (Å²) in [5.74, 6) is 4.07. The summed E-state index contributed by atoms with van der Waals surface area (Å²) in [6, 6.07) is 0. The van der Waals surface area contributed by atoms with E-state index in [1.807, 2.05) is 13.8 Å². The average molecular weight is 198 g/mol. The maximum atomic E-state index is 2.47. The topological polar surface area (TPSA) is 0 Å². The van der Waals surface area contributed by atoms with Crippen LogP contribution in [0.3, 0.4) is 0 Å². The average Bonchev–Trinajstić information content (AvgIpc) is 2.12. The van der Waals surface area contributed by atoms with Crippen LogP contribution >= 0.6 is 0 Å². The van der Waals surface area contributed by atoms with Crippen molar-refractivity contribution in [2.75, 3.05) is 0 Å². The largest absolute Gasteiger partial charge is 0.0776 e. The molecule has 0 saturated heterocycles. The molecule has 0 aliphatic heterocycles. The van der Waals surface area contributed by atoms with Gasteiger partial charge in [0, 0.05) is 0 Å². The fourth-order valence-electron chi connectivity index (χ4n) is 3.41. The van der Waals surface area contributed by atoms with Gasteiger partial charge in [0.1, 0.15) is 0 Å². The molecule has 3 rings (SSSR count). The predicted octanol–water partition coefficient (Wildman–Crippen LogP) is 4.99. The van der Waals surface area contributed by atoms with E-state index in [4.69, 9.17) is 0 Å². The molecule has 0 N–H and O–H groups in total. The molecule has 0 aromatic carbocycles. The Morgan fingerprint density at radius 2 is 1.50 bits per heavy atom. The highest BCUT2D eigenvalue weighted by Crippen LogP contribution is 2.62. The van der Waals surface area contributed by atoms with Crippen LogP contribution in [0, 0.1) is 29.1 Å². The van der Waals surface area contributed by atoms with Crippen LogP contribution in [0.25, 0.3) is 0 Å². The molecule has 3 fully saturated rings. The van der Waals surface area contributed by atoms with Crippen molar-refractivity contribution in [1.82, 2.24) is 0 Å². The van der Waals surface area contributed by atoms with Crippen LogP contribution in [0.15, 0.2) is 0 Å². The molecular formula is C14H30. The van der Waals surface area contributed by atoms with Crippen molar-refractivity contribution in [2.24, 2.45) is 29.1 Å². The minimum absolute atomic E-state index is 0. The second-order valence-electron chi connectivity index (χ2n) is 5.43. The smallest absolute Gasteiger partial charge is 0.0295 e. The van der Waals surface area contributed by atoms with Crippen molar-refractivity contribution in [2.45, 2.75) is 61.8 Å². The number of fused-ring (bicyclic) bond motifs is 2. The van der Waals surface area contributed by atoms with Gasteiger partial charge in [-0.3, -0.25) is 0 Å². The predicted molar refractivity (Wildman–Crippen MR) is 66.4 cm³/mol. The summed E-state index contributed by atoms with van der Waals surface area (Å²) in [6.45, 7) is 13.8.